The van der Waals surface area contributed by atoms with Crippen molar-refractivity contribution in [3.05, 3.63) is 67.9 Å². The molecular formula is C13H7BrF3NO3. The second-order valence-electron chi connectivity index (χ2n) is 4.06. The molecule has 0 radical (unpaired) electrons. The topological polar surface area (TPSA) is 52.4 Å². The summed E-state index contributed by atoms with van der Waals surface area (Å²) in [5, 5.41) is 10.6. The van der Waals surface area contributed by atoms with E-state index < -0.39 is 28.1 Å². The van der Waals surface area contributed by atoms with Crippen LogP contribution < -0.4 is 4.74 Å². The molecule has 0 amide bonds. The second kappa shape index (κ2) is 6.13. The number of benzene rings is 2. The van der Waals surface area contributed by atoms with Crippen LogP contribution in [0.2, 0.25) is 0 Å². The maximum atomic E-state index is 13.5. The summed E-state index contributed by atoms with van der Waals surface area (Å²) in [6.07, 6.45) is 0. The van der Waals surface area contributed by atoms with Crippen LogP contribution in [0.4, 0.5) is 18.9 Å². The van der Waals surface area contributed by atoms with Crippen molar-refractivity contribution in [3.63, 3.8) is 0 Å². The van der Waals surface area contributed by atoms with Crippen LogP contribution in [-0.4, -0.2) is 4.92 Å². The van der Waals surface area contributed by atoms with E-state index in [0.29, 0.717) is 0 Å². The van der Waals surface area contributed by atoms with Gasteiger partial charge in [-0.3, -0.25) is 10.1 Å². The van der Waals surface area contributed by atoms with Crippen molar-refractivity contribution in [1.29, 1.82) is 0 Å². The van der Waals surface area contributed by atoms with E-state index in [1.165, 1.54) is 6.07 Å². The average molecular weight is 362 g/mol. The predicted molar refractivity (Wildman–Crippen MR) is 71.4 cm³/mol. The molecule has 0 aliphatic heterocycles. The quantitative estimate of drug-likeness (QED) is 0.462. The van der Waals surface area contributed by atoms with Crippen LogP contribution in [0, 0.1) is 27.6 Å². The fraction of sp³-hybridized carbons (Fsp3) is 0.0769. The summed E-state index contributed by atoms with van der Waals surface area (Å²) in [5.41, 5.74) is -0.323. The molecule has 0 aromatic heterocycles. The van der Waals surface area contributed by atoms with Crippen molar-refractivity contribution in [2.75, 3.05) is 0 Å². The molecule has 21 heavy (non-hydrogen) atoms. The Balaban J connectivity index is 2.22. The van der Waals surface area contributed by atoms with Crippen LogP contribution in [0.5, 0.6) is 5.75 Å². The van der Waals surface area contributed by atoms with E-state index in [9.17, 15) is 23.3 Å². The highest BCUT2D eigenvalue weighted by atomic mass is 79.9. The Bertz CT molecular complexity index is 709. The maximum Gasteiger partial charge on any atom is 0.272 e. The van der Waals surface area contributed by atoms with Gasteiger partial charge in [0.1, 0.15) is 12.4 Å². The van der Waals surface area contributed by atoms with Gasteiger partial charge in [-0.05, 0) is 23.8 Å². The summed E-state index contributed by atoms with van der Waals surface area (Å²) in [5.74, 6) is -3.49. The lowest BCUT2D eigenvalue weighted by Crippen LogP contribution is -2.01. The first-order valence-corrected chi connectivity index (χ1v) is 6.37. The van der Waals surface area contributed by atoms with Gasteiger partial charge in [0.2, 0.25) is 5.82 Å². The zero-order chi connectivity index (χ0) is 15.6. The number of nitro groups is 1. The van der Waals surface area contributed by atoms with Crippen molar-refractivity contribution >= 4 is 21.6 Å². The number of non-ortho nitro benzene ring substituents is 1. The normalized spacial score (nSPS) is 10.5. The molecule has 2 aromatic rings. The van der Waals surface area contributed by atoms with Crippen molar-refractivity contribution in [3.8, 4) is 5.75 Å². The minimum Gasteiger partial charge on any atom is -0.486 e. The van der Waals surface area contributed by atoms with Gasteiger partial charge in [0.25, 0.3) is 5.69 Å². The number of hydrogen-bond donors (Lipinski definition) is 0. The third kappa shape index (κ3) is 3.72. The SMILES string of the molecule is O=[N+]([O-])c1cc(F)cc(COc2cc(Br)cc(F)c2F)c1. The number of rotatable bonds is 4. The minimum atomic E-state index is -1.19. The smallest absolute Gasteiger partial charge is 0.272 e. The third-order valence-corrected chi connectivity index (χ3v) is 2.96. The summed E-state index contributed by atoms with van der Waals surface area (Å²) < 4.78 is 45.2. The fourth-order valence-electron chi connectivity index (χ4n) is 1.62. The summed E-state index contributed by atoms with van der Waals surface area (Å²) in [7, 11) is 0. The Morgan fingerprint density at radius 2 is 1.86 bits per heavy atom. The zero-order valence-corrected chi connectivity index (χ0v) is 11.9. The van der Waals surface area contributed by atoms with E-state index in [-0.39, 0.29) is 22.4 Å². The molecular weight excluding hydrogens is 355 g/mol. The second-order valence-corrected chi connectivity index (χ2v) is 4.98. The molecule has 0 bridgehead atoms. The standard InChI is InChI=1S/C13H7BrF3NO3/c14-8-3-11(16)13(17)12(4-8)21-6-7-1-9(15)5-10(2-7)18(19)20/h1-5H,6H2. The molecule has 0 spiro atoms. The molecule has 2 aromatic carbocycles. The van der Waals surface area contributed by atoms with Crippen LogP contribution in [-0.2, 0) is 6.61 Å². The molecule has 4 nitrogen and oxygen atoms in total. The Labute approximate surface area is 125 Å². The summed E-state index contributed by atoms with van der Waals surface area (Å²) >= 11 is 2.98. The van der Waals surface area contributed by atoms with E-state index in [4.69, 9.17) is 4.74 Å². The van der Waals surface area contributed by atoms with Crippen molar-refractivity contribution in [2.24, 2.45) is 0 Å². The van der Waals surface area contributed by atoms with E-state index in [1.807, 2.05) is 0 Å². The van der Waals surface area contributed by atoms with Gasteiger partial charge in [-0.15, -0.1) is 0 Å². The predicted octanol–water partition coefficient (Wildman–Crippen LogP) is 4.35. The van der Waals surface area contributed by atoms with Crippen LogP contribution >= 0.6 is 15.9 Å². The minimum absolute atomic E-state index is 0.126. The summed E-state index contributed by atoms with van der Waals surface area (Å²) in [6.45, 7) is -0.342. The molecule has 0 unspecified atom stereocenters. The molecule has 110 valence electrons. The van der Waals surface area contributed by atoms with E-state index in [2.05, 4.69) is 15.9 Å². The van der Waals surface area contributed by atoms with Crippen molar-refractivity contribution < 1.29 is 22.8 Å². The van der Waals surface area contributed by atoms with Gasteiger partial charge in [-0.1, -0.05) is 15.9 Å². The van der Waals surface area contributed by atoms with Gasteiger partial charge in [-0.25, -0.2) is 8.78 Å². The van der Waals surface area contributed by atoms with Gasteiger partial charge in [0.15, 0.2) is 11.6 Å². The molecule has 0 atom stereocenters. The molecule has 8 heteroatoms. The lowest BCUT2D eigenvalue weighted by molar-refractivity contribution is -0.385. The number of halogens is 4. The van der Waals surface area contributed by atoms with E-state index in [0.717, 1.165) is 24.3 Å². The Hall–Kier alpha value is -2.09. The summed E-state index contributed by atoms with van der Waals surface area (Å²) in [4.78, 5) is 9.85. The van der Waals surface area contributed by atoms with Gasteiger partial charge < -0.3 is 4.74 Å². The van der Waals surface area contributed by atoms with Crippen molar-refractivity contribution in [2.45, 2.75) is 6.61 Å². The monoisotopic (exact) mass is 361 g/mol. The van der Waals surface area contributed by atoms with Crippen LogP contribution in [0.15, 0.2) is 34.8 Å². The molecule has 0 saturated heterocycles. The third-order valence-electron chi connectivity index (χ3n) is 2.51. The largest absolute Gasteiger partial charge is 0.486 e. The highest BCUT2D eigenvalue weighted by Crippen LogP contribution is 2.26. The van der Waals surface area contributed by atoms with Crippen LogP contribution in [0.25, 0.3) is 0 Å². The molecule has 2 rings (SSSR count). The van der Waals surface area contributed by atoms with E-state index in [1.54, 1.807) is 0 Å². The fourth-order valence-corrected chi connectivity index (χ4v) is 2.03. The number of hydrogen-bond acceptors (Lipinski definition) is 3. The van der Waals surface area contributed by atoms with Gasteiger partial charge in [0, 0.05) is 10.5 Å². The number of ether oxygens (including phenoxy) is 1. The first-order chi connectivity index (χ1) is 9.86. The molecule has 0 aliphatic rings. The Morgan fingerprint density at radius 1 is 1.14 bits per heavy atom. The highest BCUT2D eigenvalue weighted by molar-refractivity contribution is 9.10. The Kier molecular flexibility index (Phi) is 4.46. The zero-order valence-electron chi connectivity index (χ0n) is 10.3. The van der Waals surface area contributed by atoms with Crippen LogP contribution in [0.1, 0.15) is 5.56 Å². The summed E-state index contributed by atoms with van der Waals surface area (Å²) in [6, 6.07) is 4.98. The molecule has 0 aliphatic carbocycles. The van der Waals surface area contributed by atoms with Gasteiger partial charge >= 0.3 is 0 Å². The molecule has 0 heterocycles. The van der Waals surface area contributed by atoms with Gasteiger partial charge in [0.05, 0.1) is 11.0 Å². The van der Waals surface area contributed by atoms with Crippen molar-refractivity contribution in [1.82, 2.24) is 0 Å². The first-order valence-electron chi connectivity index (χ1n) is 5.58. The highest BCUT2D eigenvalue weighted by Gasteiger charge is 2.13. The average Bonchev–Trinajstić information content (AvgIpc) is 2.40. The molecule has 0 saturated carbocycles. The first kappa shape index (κ1) is 15.3. The lowest BCUT2D eigenvalue weighted by atomic mass is 10.2. The maximum absolute atomic E-state index is 13.5. The van der Waals surface area contributed by atoms with Crippen LogP contribution in [0.3, 0.4) is 0 Å². The lowest BCUT2D eigenvalue weighted by Gasteiger charge is -2.08. The van der Waals surface area contributed by atoms with E-state index >= 15 is 0 Å². The Morgan fingerprint density at radius 3 is 2.52 bits per heavy atom. The van der Waals surface area contributed by atoms with Gasteiger partial charge in [-0.2, -0.15) is 4.39 Å². The number of nitrogens with zero attached hydrogens (tertiary/aromatic N) is 1. The molecule has 0 fully saturated rings. The molecule has 0 N–H and O–H groups in total. The number of nitro benzene ring substituents is 1.